The zero-order valence-electron chi connectivity index (χ0n) is 19.5. The predicted molar refractivity (Wildman–Crippen MR) is 122 cm³/mol. The van der Waals surface area contributed by atoms with E-state index in [1.165, 1.54) is 5.56 Å². The number of aryl methyl sites for hydroxylation is 2. The van der Waals surface area contributed by atoms with Crippen LogP contribution in [-0.4, -0.2) is 64.2 Å². The Morgan fingerprint density at radius 3 is 2.44 bits per heavy atom. The highest BCUT2D eigenvalue weighted by Crippen LogP contribution is 2.28. The van der Waals surface area contributed by atoms with Crippen molar-refractivity contribution in [1.29, 1.82) is 0 Å². The van der Waals surface area contributed by atoms with Gasteiger partial charge in [0.05, 0.1) is 13.2 Å². The van der Waals surface area contributed by atoms with Gasteiger partial charge in [0.25, 0.3) is 5.91 Å². The first-order chi connectivity index (χ1) is 15.3. The van der Waals surface area contributed by atoms with Crippen molar-refractivity contribution >= 4 is 11.8 Å². The Morgan fingerprint density at radius 2 is 1.75 bits per heavy atom. The van der Waals surface area contributed by atoms with Crippen molar-refractivity contribution in [2.75, 3.05) is 32.8 Å². The van der Waals surface area contributed by atoms with E-state index in [9.17, 15) is 9.59 Å². The number of benzene rings is 1. The average molecular weight is 439 g/mol. The zero-order chi connectivity index (χ0) is 22.7. The van der Waals surface area contributed by atoms with Crippen LogP contribution in [0.4, 0.5) is 0 Å². The van der Waals surface area contributed by atoms with Crippen molar-refractivity contribution in [3.05, 3.63) is 52.8 Å². The van der Waals surface area contributed by atoms with E-state index in [-0.39, 0.29) is 11.8 Å². The Balaban J connectivity index is 1.57. The molecule has 32 heavy (non-hydrogen) atoms. The van der Waals surface area contributed by atoms with Crippen molar-refractivity contribution in [2.24, 2.45) is 5.41 Å². The normalized spacial score (nSPS) is 16.7. The van der Waals surface area contributed by atoms with Gasteiger partial charge in [-0.2, -0.15) is 5.10 Å². The molecule has 7 nitrogen and oxygen atoms in total. The zero-order valence-corrected chi connectivity index (χ0v) is 19.5. The molecule has 1 aromatic carbocycles. The molecule has 0 saturated carbocycles. The number of carbonyl (C=O) groups is 2. The second kappa shape index (κ2) is 9.45. The van der Waals surface area contributed by atoms with E-state index in [1.54, 1.807) is 0 Å². The first-order valence-corrected chi connectivity index (χ1v) is 11.6. The fourth-order valence-corrected chi connectivity index (χ4v) is 4.49. The van der Waals surface area contributed by atoms with Gasteiger partial charge in [-0.15, -0.1) is 0 Å². The van der Waals surface area contributed by atoms with E-state index in [0.29, 0.717) is 45.1 Å². The molecule has 0 bridgehead atoms. The van der Waals surface area contributed by atoms with Crippen molar-refractivity contribution in [3.8, 4) is 0 Å². The van der Waals surface area contributed by atoms with Gasteiger partial charge in [-0.05, 0) is 18.4 Å². The van der Waals surface area contributed by atoms with Gasteiger partial charge in [0.2, 0.25) is 5.91 Å². The van der Waals surface area contributed by atoms with Crippen LogP contribution in [0.25, 0.3) is 0 Å². The summed E-state index contributed by atoms with van der Waals surface area (Å²) in [5.74, 6) is 0.0705. The molecule has 4 rings (SSSR count). The third-order valence-electron chi connectivity index (χ3n) is 6.24. The lowest BCUT2D eigenvalue weighted by Gasteiger charge is -2.33. The minimum Gasteiger partial charge on any atom is -0.378 e. The number of fused-ring (bicyclic) bond motifs is 1. The second-order valence-electron chi connectivity index (χ2n) is 9.72. The van der Waals surface area contributed by atoms with Crippen LogP contribution in [-0.2, 0) is 35.5 Å². The van der Waals surface area contributed by atoms with Crippen LogP contribution in [0, 0.1) is 5.41 Å². The lowest BCUT2D eigenvalue weighted by molar-refractivity contribution is -0.140. The van der Waals surface area contributed by atoms with Gasteiger partial charge in [-0.1, -0.05) is 51.1 Å². The van der Waals surface area contributed by atoms with E-state index < -0.39 is 5.41 Å². The highest BCUT2D eigenvalue weighted by Gasteiger charge is 2.35. The molecular formula is C25H34N4O3. The maximum Gasteiger partial charge on any atom is 0.274 e. The van der Waals surface area contributed by atoms with E-state index in [4.69, 9.17) is 9.84 Å². The number of hydrogen-bond acceptors (Lipinski definition) is 4. The molecule has 0 radical (unpaired) electrons. The third-order valence-corrected chi connectivity index (χ3v) is 6.24. The monoisotopic (exact) mass is 438 g/mol. The molecule has 1 fully saturated rings. The highest BCUT2D eigenvalue weighted by molar-refractivity contribution is 5.94. The fraction of sp³-hybridized carbons (Fsp3) is 0.560. The fourth-order valence-electron chi connectivity index (χ4n) is 4.49. The van der Waals surface area contributed by atoms with Crippen LogP contribution >= 0.6 is 0 Å². The Labute approximate surface area is 190 Å². The molecule has 1 saturated heterocycles. The van der Waals surface area contributed by atoms with Crippen LogP contribution in [0.3, 0.4) is 0 Å². The summed E-state index contributed by atoms with van der Waals surface area (Å²) in [5.41, 5.74) is 3.39. The molecule has 172 valence electrons. The Hall–Kier alpha value is -2.67. The quantitative estimate of drug-likeness (QED) is 0.720. The van der Waals surface area contributed by atoms with Gasteiger partial charge in [-0.3, -0.25) is 14.3 Å². The summed E-state index contributed by atoms with van der Waals surface area (Å²) in [4.78, 5) is 30.0. The van der Waals surface area contributed by atoms with Gasteiger partial charge in [-0.25, -0.2) is 0 Å². The smallest absolute Gasteiger partial charge is 0.274 e. The summed E-state index contributed by atoms with van der Waals surface area (Å²) >= 11 is 0. The first-order valence-electron chi connectivity index (χ1n) is 11.6. The summed E-state index contributed by atoms with van der Waals surface area (Å²) in [7, 11) is 0. The second-order valence-corrected chi connectivity index (χ2v) is 9.72. The number of ether oxygens (including phenoxy) is 1. The maximum absolute atomic E-state index is 13.3. The van der Waals surface area contributed by atoms with Crippen molar-refractivity contribution < 1.29 is 14.3 Å². The van der Waals surface area contributed by atoms with Crippen LogP contribution in [0.2, 0.25) is 0 Å². The molecule has 2 aliphatic heterocycles. The van der Waals surface area contributed by atoms with Gasteiger partial charge in [0.1, 0.15) is 0 Å². The molecule has 0 N–H and O–H groups in total. The number of carbonyl (C=O) groups excluding carboxylic acids is 2. The number of morpholine rings is 1. The summed E-state index contributed by atoms with van der Waals surface area (Å²) in [6, 6.07) is 10.4. The van der Waals surface area contributed by atoms with E-state index in [2.05, 4.69) is 24.3 Å². The Kier molecular flexibility index (Phi) is 6.65. The molecular weight excluding hydrogens is 404 g/mol. The molecule has 0 atom stereocenters. The van der Waals surface area contributed by atoms with Gasteiger partial charge < -0.3 is 14.5 Å². The molecule has 1 aromatic heterocycles. The standard InChI is InChI=1S/C25H34N4O3/c1-25(2,3)24(31)28-13-11-21-20(18-28)22(23(30)27-14-16-32-17-15-27)26-29(21)12-7-10-19-8-5-4-6-9-19/h4-6,8-9H,7,10-18H2,1-3H3. The molecule has 0 unspecified atom stereocenters. The summed E-state index contributed by atoms with van der Waals surface area (Å²) in [6.45, 7) is 9.99. The first kappa shape index (κ1) is 22.5. The summed E-state index contributed by atoms with van der Waals surface area (Å²) in [6.07, 6.45) is 2.65. The number of amides is 2. The molecule has 3 heterocycles. The lowest BCUT2D eigenvalue weighted by Crippen LogP contribution is -2.44. The third kappa shape index (κ3) is 4.88. The molecule has 2 aliphatic rings. The van der Waals surface area contributed by atoms with Crippen molar-refractivity contribution in [2.45, 2.75) is 53.1 Å². The number of nitrogens with zero attached hydrogens (tertiary/aromatic N) is 4. The van der Waals surface area contributed by atoms with Crippen LogP contribution in [0.5, 0.6) is 0 Å². The lowest BCUT2D eigenvalue weighted by atomic mass is 9.93. The topological polar surface area (TPSA) is 67.7 Å². The Bertz CT molecular complexity index is 956. The van der Waals surface area contributed by atoms with Crippen molar-refractivity contribution in [3.63, 3.8) is 0 Å². The average Bonchev–Trinajstić information content (AvgIpc) is 3.16. The Morgan fingerprint density at radius 1 is 1.03 bits per heavy atom. The number of hydrogen-bond donors (Lipinski definition) is 0. The van der Waals surface area contributed by atoms with Crippen LogP contribution in [0.15, 0.2) is 30.3 Å². The van der Waals surface area contributed by atoms with E-state index in [0.717, 1.165) is 37.1 Å². The highest BCUT2D eigenvalue weighted by atomic mass is 16.5. The van der Waals surface area contributed by atoms with E-state index >= 15 is 0 Å². The van der Waals surface area contributed by atoms with Gasteiger partial charge >= 0.3 is 0 Å². The molecule has 7 heteroatoms. The summed E-state index contributed by atoms with van der Waals surface area (Å²) in [5, 5.41) is 4.80. The number of aromatic nitrogens is 2. The summed E-state index contributed by atoms with van der Waals surface area (Å²) < 4.78 is 7.43. The van der Waals surface area contributed by atoms with E-state index in [1.807, 2.05) is 41.3 Å². The molecule has 0 spiro atoms. The van der Waals surface area contributed by atoms with Crippen molar-refractivity contribution in [1.82, 2.24) is 19.6 Å². The largest absolute Gasteiger partial charge is 0.378 e. The van der Waals surface area contributed by atoms with Gasteiger partial charge in [0, 0.05) is 55.8 Å². The predicted octanol–water partition coefficient (Wildman–Crippen LogP) is 2.92. The molecule has 2 amide bonds. The maximum atomic E-state index is 13.3. The number of rotatable bonds is 5. The van der Waals surface area contributed by atoms with Crippen LogP contribution < -0.4 is 0 Å². The minimum atomic E-state index is -0.447. The molecule has 2 aromatic rings. The van der Waals surface area contributed by atoms with Crippen LogP contribution in [0.1, 0.15) is 54.5 Å². The van der Waals surface area contributed by atoms with Gasteiger partial charge in [0.15, 0.2) is 5.69 Å². The minimum absolute atomic E-state index is 0.0450. The molecule has 0 aliphatic carbocycles. The SMILES string of the molecule is CC(C)(C)C(=O)N1CCc2c(c(C(=O)N3CCOCC3)nn2CCCc2ccccc2)C1.